The maximum Gasteiger partial charge on any atom is 0.0224 e. The van der Waals surface area contributed by atoms with Gasteiger partial charge >= 0.3 is 0 Å². The average Bonchev–Trinajstić information content (AvgIpc) is 2.39. The lowest BCUT2D eigenvalue weighted by atomic mass is 10.1. The zero-order valence-corrected chi connectivity index (χ0v) is 7.91. The van der Waals surface area contributed by atoms with Crippen LogP contribution in [0.3, 0.4) is 0 Å². The van der Waals surface area contributed by atoms with Crippen LogP contribution in [-0.4, -0.2) is 10.6 Å². The molecule has 0 radical (unpaired) electrons. The molecule has 2 rings (SSSR count). The van der Waals surface area contributed by atoms with E-state index >= 15 is 0 Å². The topological polar surface area (TPSA) is 30.9 Å². The smallest absolute Gasteiger partial charge is 0.0224 e. The molecule has 66 valence electrons. The molecule has 0 aromatic carbocycles. The van der Waals surface area contributed by atoms with Crippen molar-refractivity contribution in [2.45, 2.75) is 25.8 Å². The van der Waals surface area contributed by atoms with Crippen molar-refractivity contribution in [1.29, 1.82) is 0 Å². The summed E-state index contributed by atoms with van der Waals surface area (Å²) in [6.45, 7) is 4.46. The first-order valence-electron chi connectivity index (χ1n) is 4.42. The van der Waals surface area contributed by atoms with Crippen LogP contribution in [0, 0.1) is 5.41 Å². The van der Waals surface area contributed by atoms with Gasteiger partial charge in [-0.05, 0) is 17.5 Å². The molecule has 1 fully saturated rings. The van der Waals surface area contributed by atoms with Gasteiger partial charge in [0.2, 0.25) is 0 Å². The molecule has 1 saturated carbocycles. The molecular formula is C10H16N2. The minimum absolute atomic E-state index is 0.298. The third-order valence-corrected chi connectivity index (χ3v) is 3.21. The number of hydrogen-bond donors (Lipinski definition) is 1. The summed E-state index contributed by atoms with van der Waals surface area (Å²) in [4.78, 5) is 0. The number of aryl methyl sites for hydroxylation is 1. The van der Waals surface area contributed by atoms with Crippen LogP contribution in [-0.2, 0) is 7.05 Å². The molecule has 0 amide bonds. The Hall–Kier alpha value is -0.760. The Morgan fingerprint density at radius 2 is 2.08 bits per heavy atom. The molecule has 1 aromatic rings. The second-order valence-corrected chi connectivity index (χ2v) is 4.37. The molecule has 2 atom stereocenters. The zero-order valence-electron chi connectivity index (χ0n) is 7.91. The van der Waals surface area contributed by atoms with Crippen LogP contribution in [0.25, 0.3) is 0 Å². The van der Waals surface area contributed by atoms with Gasteiger partial charge in [-0.2, -0.15) is 0 Å². The number of rotatable bonds is 1. The third kappa shape index (κ3) is 0.845. The first-order chi connectivity index (χ1) is 5.55. The van der Waals surface area contributed by atoms with Crippen molar-refractivity contribution in [1.82, 2.24) is 4.57 Å². The summed E-state index contributed by atoms with van der Waals surface area (Å²) in [6, 6.07) is 4.58. The van der Waals surface area contributed by atoms with E-state index in [0.717, 1.165) is 0 Å². The van der Waals surface area contributed by atoms with Crippen LogP contribution < -0.4 is 5.73 Å². The molecule has 1 aliphatic carbocycles. The van der Waals surface area contributed by atoms with Gasteiger partial charge in [0.15, 0.2) is 0 Å². The highest BCUT2D eigenvalue weighted by molar-refractivity contribution is 5.30. The Balaban J connectivity index is 2.30. The molecule has 1 aromatic heterocycles. The van der Waals surface area contributed by atoms with E-state index in [1.165, 1.54) is 5.69 Å². The molecule has 0 spiro atoms. The third-order valence-electron chi connectivity index (χ3n) is 3.21. The fraction of sp³-hybridized carbons (Fsp3) is 0.600. The van der Waals surface area contributed by atoms with Gasteiger partial charge in [0, 0.05) is 30.9 Å². The summed E-state index contributed by atoms with van der Waals surface area (Å²) in [5, 5.41) is 0. The molecule has 0 aliphatic heterocycles. The van der Waals surface area contributed by atoms with E-state index in [2.05, 4.69) is 43.8 Å². The highest BCUT2D eigenvalue weighted by atomic mass is 15.0. The van der Waals surface area contributed by atoms with Gasteiger partial charge < -0.3 is 10.3 Å². The molecular weight excluding hydrogens is 148 g/mol. The van der Waals surface area contributed by atoms with Crippen molar-refractivity contribution in [2.24, 2.45) is 18.2 Å². The van der Waals surface area contributed by atoms with E-state index in [1.807, 2.05) is 0 Å². The monoisotopic (exact) mass is 164 g/mol. The van der Waals surface area contributed by atoms with Crippen molar-refractivity contribution < 1.29 is 0 Å². The Labute approximate surface area is 73.4 Å². The standard InChI is InChI=1S/C10H16N2/c1-10(2)8(9(10)11)7-5-4-6-12(7)3/h4-6,8-9H,11H2,1-3H3. The first-order valence-corrected chi connectivity index (χ1v) is 4.42. The van der Waals surface area contributed by atoms with Crippen LogP contribution in [0.15, 0.2) is 18.3 Å². The summed E-state index contributed by atoms with van der Waals surface area (Å²) < 4.78 is 2.17. The largest absolute Gasteiger partial charge is 0.354 e. The van der Waals surface area contributed by atoms with Crippen LogP contribution in [0.4, 0.5) is 0 Å². The Bertz CT molecular complexity index is 299. The van der Waals surface area contributed by atoms with Gasteiger partial charge in [-0.15, -0.1) is 0 Å². The summed E-state index contributed by atoms with van der Waals surface area (Å²) in [5.41, 5.74) is 7.66. The number of nitrogens with two attached hydrogens (primary N) is 1. The van der Waals surface area contributed by atoms with E-state index < -0.39 is 0 Å². The van der Waals surface area contributed by atoms with Gasteiger partial charge in [-0.25, -0.2) is 0 Å². The SMILES string of the molecule is Cn1cccc1C1C(N)C1(C)C. The first kappa shape index (κ1) is 7.87. The summed E-state index contributed by atoms with van der Waals surface area (Å²) in [7, 11) is 2.08. The molecule has 0 bridgehead atoms. The van der Waals surface area contributed by atoms with Gasteiger partial charge in [-0.1, -0.05) is 13.8 Å². The van der Waals surface area contributed by atoms with Gasteiger partial charge in [0.05, 0.1) is 0 Å². The highest BCUT2D eigenvalue weighted by Gasteiger charge is 2.57. The van der Waals surface area contributed by atoms with Crippen molar-refractivity contribution in [2.75, 3.05) is 0 Å². The van der Waals surface area contributed by atoms with Crippen LogP contribution in [0.2, 0.25) is 0 Å². The molecule has 2 N–H and O–H groups in total. The van der Waals surface area contributed by atoms with Gasteiger partial charge in [-0.3, -0.25) is 0 Å². The predicted molar refractivity (Wildman–Crippen MR) is 49.9 cm³/mol. The number of hydrogen-bond acceptors (Lipinski definition) is 1. The maximum atomic E-state index is 5.99. The van der Waals surface area contributed by atoms with E-state index in [9.17, 15) is 0 Å². The van der Waals surface area contributed by atoms with Crippen molar-refractivity contribution in [3.63, 3.8) is 0 Å². The molecule has 2 nitrogen and oxygen atoms in total. The van der Waals surface area contributed by atoms with Gasteiger partial charge in [0.1, 0.15) is 0 Å². The second kappa shape index (κ2) is 2.13. The molecule has 2 unspecified atom stereocenters. The van der Waals surface area contributed by atoms with Crippen LogP contribution >= 0.6 is 0 Å². The predicted octanol–water partition coefficient (Wildman–Crippen LogP) is 1.48. The van der Waals surface area contributed by atoms with Crippen molar-refractivity contribution >= 4 is 0 Å². The highest BCUT2D eigenvalue weighted by Crippen LogP contribution is 2.57. The molecule has 0 saturated heterocycles. The Morgan fingerprint density at radius 3 is 2.42 bits per heavy atom. The van der Waals surface area contributed by atoms with E-state index in [1.54, 1.807) is 0 Å². The average molecular weight is 164 g/mol. The normalized spacial score (nSPS) is 32.0. The van der Waals surface area contributed by atoms with Crippen molar-refractivity contribution in [3.8, 4) is 0 Å². The maximum absolute atomic E-state index is 5.99. The number of aromatic nitrogens is 1. The fourth-order valence-corrected chi connectivity index (χ4v) is 2.04. The lowest BCUT2D eigenvalue weighted by Gasteiger charge is -2.03. The van der Waals surface area contributed by atoms with E-state index in [0.29, 0.717) is 17.4 Å². The molecule has 12 heavy (non-hydrogen) atoms. The minimum Gasteiger partial charge on any atom is -0.354 e. The summed E-state index contributed by atoms with van der Waals surface area (Å²) in [6.07, 6.45) is 2.08. The second-order valence-electron chi connectivity index (χ2n) is 4.37. The molecule has 1 heterocycles. The van der Waals surface area contributed by atoms with Crippen molar-refractivity contribution in [3.05, 3.63) is 24.0 Å². The fourth-order valence-electron chi connectivity index (χ4n) is 2.04. The Kier molecular flexibility index (Phi) is 1.40. The lowest BCUT2D eigenvalue weighted by Crippen LogP contribution is -2.06. The minimum atomic E-state index is 0.298. The van der Waals surface area contributed by atoms with Crippen LogP contribution in [0.1, 0.15) is 25.5 Å². The molecule has 2 heteroatoms. The van der Waals surface area contributed by atoms with E-state index in [-0.39, 0.29) is 0 Å². The number of nitrogens with zero attached hydrogens (tertiary/aromatic N) is 1. The summed E-state index contributed by atoms with van der Waals surface area (Å²) in [5.74, 6) is 0.553. The van der Waals surface area contributed by atoms with Crippen LogP contribution in [0.5, 0.6) is 0 Å². The zero-order chi connectivity index (χ0) is 8.93. The summed E-state index contributed by atoms with van der Waals surface area (Å²) >= 11 is 0. The quantitative estimate of drug-likeness (QED) is 0.669. The van der Waals surface area contributed by atoms with E-state index in [4.69, 9.17) is 5.73 Å². The van der Waals surface area contributed by atoms with Gasteiger partial charge in [0.25, 0.3) is 0 Å². The lowest BCUT2D eigenvalue weighted by molar-refractivity contribution is 0.589. The Morgan fingerprint density at radius 1 is 1.50 bits per heavy atom. The molecule has 1 aliphatic rings.